The average Bonchev–Trinajstić information content (AvgIpc) is 3.46. The summed E-state index contributed by atoms with van der Waals surface area (Å²) >= 11 is 0. The van der Waals surface area contributed by atoms with Crippen LogP contribution < -0.4 is 15.4 Å². The van der Waals surface area contributed by atoms with Crippen molar-refractivity contribution in [2.75, 3.05) is 17.7 Å². The molecule has 3 aromatic heterocycles. The highest BCUT2D eigenvalue weighted by atomic mass is 16.5. The van der Waals surface area contributed by atoms with Gasteiger partial charge in [0.25, 0.3) is 0 Å². The largest absolute Gasteiger partial charge is 0.497 e. The number of methoxy groups -OCH3 is 1. The van der Waals surface area contributed by atoms with E-state index in [1.807, 2.05) is 24.3 Å². The van der Waals surface area contributed by atoms with E-state index in [1.54, 1.807) is 25.4 Å². The minimum absolute atomic E-state index is 0.162. The summed E-state index contributed by atoms with van der Waals surface area (Å²) in [6.07, 6.45) is 3.35. The van der Waals surface area contributed by atoms with Crippen LogP contribution in [0.3, 0.4) is 0 Å². The Balaban J connectivity index is 1.32. The summed E-state index contributed by atoms with van der Waals surface area (Å²) in [7, 11) is 1.67. The van der Waals surface area contributed by atoms with Crippen molar-refractivity contribution < 1.29 is 14.4 Å². The number of anilines is 3. The highest BCUT2D eigenvalue weighted by Crippen LogP contribution is 2.17. The molecule has 160 valence electrons. The zero-order chi connectivity index (χ0) is 21.5. The van der Waals surface area contributed by atoms with Crippen LogP contribution in [0.15, 0.2) is 53.2 Å². The molecule has 4 N–H and O–H groups in total. The van der Waals surface area contributed by atoms with Crippen LogP contribution in [0.2, 0.25) is 0 Å². The number of ether oxygens (including phenoxy) is 1. The molecular weight excluding hydrogens is 398 g/mol. The Hall–Kier alpha value is -3.92. The van der Waals surface area contributed by atoms with Crippen molar-refractivity contribution in [3.05, 3.63) is 71.4 Å². The van der Waals surface area contributed by atoms with Gasteiger partial charge in [0.2, 0.25) is 5.95 Å². The lowest BCUT2D eigenvalue weighted by Gasteiger charge is -2.05. The molecule has 0 amide bonds. The van der Waals surface area contributed by atoms with Gasteiger partial charge >= 0.3 is 0 Å². The van der Waals surface area contributed by atoms with Gasteiger partial charge in [-0.1, -0.05) is 17.3 Å². The maximum atomic E-state index is 9.04. The minimum atomic E-state index is -0.162. The molecule has 4 aromatic rings. The Labute approximate surface area is 178 Å². The Kier molecular flexibility index (Phi) is 6.38. The summed E-state index contributed by atoms with van der Waals surface area (Å²) in [6, 6.07) is 13.4. The molecule has 1 aromatic carbocycles. The number of aryl methyl sites for hydroxylation is 2. The van der Waals surface area contributed by atoms with Crippen molar-refractivity contribution in [1.29, 1.82) is 0 Å². The van der Waals surface area contributed by atoms with E-state index in [0.717, 1.165) is 24.3 Å². The van der Waals surface area contributed by atoms with Crippen molar-refractivity contribution in [2.24, 2.45) is 0 Å². The summed E-state index contributed by atoms with van der Waals surface area (Å²) in [6.45, 7) is 0.192. The fourth-order valence-electron chi connectivity index (χ4n) is 2.99. The lowest BCUT2D eigenvalue weighted by atomic mass is 10.1. The number of aromatic amines is 1. The SMILES string of the molecule is COc1cccc(CCc2cc(Nc3ccnc(NCc4cc(CO)no4)n3)n[nH]2)c1. The van der Waals surface area contributed by atoms with Crippen LogP contribution in [0.1, 0.15) is 22.7 Å². The number of rotatable bonds is 10. The lowest BCUT2D eigenvalue weighted by Crippen LogP contribution is -2.04. The molecule has 0 aliphatic heterocycles. The van der Waals surface area contributed by atoms with E-state index in [0.29, 0.717) is 35.6 Å². The van der Waals surface area contributed by atoms with Crippen molar-refractivity contribution in [3.8, 4) is 5.75 Å². The van der Waals surface area contributed by atoms with Crippen molar-refractivity contribution in [2.45, 2.75) is 26.0 Å². The number of nitrogens with zero attached hydrogens (tertiary/aromatic N) is 4. The lowest BCUT2D eigenvalue weighted by molar-refractivity contribution is 0.265. The average molecular weight is 421 g/mol. The summed E-state index contributed by atoms with van der Waals surface area (Å²) in [5.41, 5.74) is 2.70. The number of H-pyrrole nitrogens is 1. The van der Waals surface area contributed by atoms with Crippen LogP contribution in [-0.2, 0) is 26.0 Å². The first kappa shape index (κ1) is 20.4. The quantitative estimate of drug-likeness (QED) is 0.305. The van der Waals surface area contributed by atoms with Gasteiger partial charge < -0.3 is 25.0 Å². The van der Waals surface area contributed by atoms with Gasteiger partial charge in [-0.05, 0) is 36.6 Å². The van der Waals surface area contributed by atoms with Crippen molar-refractivity contribution in [1.82, 2.24) is 25.3 Å². The number of aliphatic hydroxyl groups excluding tert-OH is 1. The van der Waals surface area contributed by atoms with E-state index in [9.17, 15) is 0 Å². The van der Waals surface area contributed by atoms with Gasteiger partial charge in [0, 0.05) is 24.0 Å². The standard InChI is InChI=1S/C21H23N7O3/c1-30-17-4-2-3-14(9-17)5-6-15-11-20(27-26-15)24-19-7-8-22-21(25-19)23-12-18-10-16(13-29)28-31-18/h2-4,7-11,29H,5-6,12-13H2,1H3,(H3,22,23,24,25,26,27). The molecule has 0 aliphatic carbocycles. The second-order valence-corrected chi connectivity index (χ2v) is 6.82. The molecule has 0 atom stereocenters. The predicted octanol–water partition coefficient (Wildman–Crippen LogP) is 2.83. The molecule has 0 radical (unpaired) electrons. The van der Waals surface area contributed by atoms with Gasteiger partial charge in [0.1, 0.15) is 17.3 Å². The van der Waals surface area contributed by atoms with Gasteiger partial charge in [0.05, 0.1) is 20.3 Å². The van der Waals surface area contributed by atoms with Gasteiger partial charge in [-0.3, -0.25) is 5.10 Å². The molecule has 10 heteroatoms. The fraction of sp³-hybridized carbons (Fsp3) is 0.238. The zero-order valence-corrected chi connectivity index (χ0v) is 17.0. The normalized spacial score (nSPS) is 10.8. The Bertz CT molecular complexity index is 1130. The zero-order valence-electron chi connectivity index (χ0n) is 17.0. The Morgan fingerprint density at radius 1 is 1.13 bits per heavy atom. The minimum Gasteiger partial charge on any atom is -0.497 e. The summed E-state index contributed by atoms with van der Waals surface area (Å²) in [4.78, 5) is 8.61. The van der Waals surface area contributed by atoms with E-state index < -0.39 is 0 Å². The van der Waals surface area contributed by atoms with E-state index in [2.05, 4.69) is 42.0 Å². The molecule has 0 spiro atoms. The molecule has 31 heavy (non-hydrogen) atoms. The first-order chi connectivity index (χ1) is 15.2. The smallest absolute Gasteiger partial charge is 0.224 e. The number of nitrogens with one attached hydrogen (secondary N) is 3. The Morgan fingerprint density at radius 3 is 2.90 bits per heavy atom. The molecule has 0 fully saturated rings. The third kappa shape index (κ3) is 5.58. The van der Waals surface area contributed by atoms with Crippen molar-refractivity contribution in [3.63, 3.8) is 0 Å². The number of hydrogen-bond donors (Lipinski definition) is 4. The monoisotopic (exact) mass is 421 g/mol. The fourth-order valence-corrected chi connectivity index (χ4v) is 2.99. The topological polar surface area (TPSA) is 134 Å². The third-order valence-electron chi connectivity index (χ3n) is 4.55. The molecule has 0 saturated heterocycles. The maximum absolute atomic E-state index is 9.04. The maximum Gasteiger partial charge on any atom is 0.224 e. The van der Waals surface area contributed by atoms with Crippen LogP contribution in [0, 0.1) is 0 Å². The molecule has 10 nitrogen and oxygen atoms in total. The first-order valence-corrected chi connectivity index (χ1v) is 9.78. The van der Waals surface area contributed by atoms with Gasteiger partial charge in [-0.15, -0.1) is 0 Å². The van der Waals surface area contributed by atoms with Crippen molar-refractivity contribution >= 4 is 17.6 Å². The van der Waals surface area contributed by atoms with Crippen LogP contribution in [-0.4, -0.2) is 37.5 Å². The predicted molar refractivity (Wildman–Crippen MR) is 114 cm³/mol. The Morgan fingerprint density at radius 2 is 2.06 bits per heavy atom. The van der Waals surface area contributed by atoms with Gasteiger partial charge in [-0.25, -0.2) is 4.98 Å². The third-order valence-corrected chi connectivity index (χ3v) is 4.55. The number of hydrogen-bond acceptors (Lipinski definition) is 9. The second kappa shape index (κ2) is 9.72. The molecule has 0 saturated carbocycles. The summed E-state index contributed by atoms with van der Waals surface area (Å²) in [5.74, 6) is 3.15. The van der Waals surface area contributed by atoms with Gasteiger partial charge in [0.15, 0.2) is 11.6 Å². The summed E-state index contributed by atoms with van der Waals surface area (Å²) < 4.78 is 10.4. The molecule has 0 bridgehead atoms. The van der Waals surface area contributed by atoms with Crippen LogP contribution in [0.4, 0.5) is 17.6 Å². The van der Waals surface area contributed by atoms with E-state index in [1.165, 1.54) is 5.56 Å². The molecule has 0 aliphatic rings. The highest BCUT2D eigenvalue weighted by Gasteiger charge is 2.07. The van der Waals surface area contributed by atoms with Crippen LogP contribution >= 0.6 is 0 Å². The number of aliphatic hydroxyl groups is 1. The number of aromatic nitrogens is 5. The number of benzene rings is 1. The first-order valence-electron chi connectivity index (χ1n) is 9.78. The molecular formula is C21H23N7O3. The molecule has 4 rings (SSSR count). The highest BCUT2D eigenvalue weighted by molar-refractivity contribution is 5.53. The molecule has 3 heterocycles. The van der Waals surface area contributed by atoms with E-state index >= 15 is 0 Å². The summed E-state index contributed by atoms with van der Waals surface area (Å²) in [5, 5.41) is 26.4. The van der Waals surface area contributed by atoms with Gasteiger partial charge in [-0.2, -0.15) is 10.1 Å². The van der Waals surface area contributed by atoms with Crippen LogP contribution in [0.5, 0.6) is 5.75 Å². The van der Waals surface area contributed by atoms with Crippen LogP contribution in [0.25, 0.3) is 0 Å². The van der Waals surface area contributed by atoms with E-state index in [-0.39, 0.29) is 6.61 Å². The molecule has 0 unspecified atom stereocenters. The second-order valence-electron chi connectivity index (χ2n) is 6.82. The van der Waals surface area contributed by atoms with E-state index in [4.69, 9.17) is 14.4 Å².